The van der Waals surface area contributed by atoms with Crippen LogP contribution in [-0.4, -0.2) is 19.8 Å². The Morgan fingerprint density at radius 2 is 1.82 bits per heavy atom. The predicted molar refractivity (Wildman–Crippen MR) is 72.4 cm³/mol. The third-order valence-electron chi connectivity index (χ3n) is 2.31. The number of nitrogens with two attached hydrogens (primary N) is 1. The van der Waals surface area contributed by atoms with E-state index in [-0.39, 0.29) is 30.5 Å². The zero-order valence-electron chi connectivity index (χ0n) is 10.1. The monoisotopic (exact) mass is 373 g/mol. The molecule has 0 aliphatic rings. The van der Waals surface area contributed by atoms with Crippen molar-refractivity contribution in [1.82, 2.24) is 14.9 Å². The Morgan fingerprint density at radius 1 is 1.27 bits per heavy atom. The van der Waals surface area contributed by atoms with E-state index in [1.165, 1.54) is 0 Å². The van der Waals surface area contributed by atoms with Crippen LogP contribution in [0.15, 0.2) is 22.2 Å². The van der Waals surface area contributed by atoms with Crippen LogP contribution in [0.25, 0.3) is 0 Å². The van der Waals surface area contributed by atoms with Gasteiger partial charge in [-0.2, -0.15) is 13.2 Å². The van der Waals surface area contributed by atoms with Gasteiger partial charge in [-0.15, -0.1) is 10.2 Å². The van der Waals surface area contributed by atoms with Gasteiger partial charge in [0.2, 0.25) is 5.16 Å². The number of non-ortho nitro benzene ring substituents is 1. The molecular formula is C9H4Cl2F3N5O2S. The van der Waals surface area contributed by atoms with Crippen molar-refractivity contribution in [2.75, 3.05) is 5.84 Å². The molecule has 0 bridgehead atoms. The molecule has 1 aromatic heterocycles. The molecule has 0 aliphatic carbocycles. The molecule has 2 rings (SSSR count). The summed E-state index contributed by atoms with van der Waals surface area (Å²) in [7, 11) is 0. The summed E-state index contributed by atoms with van der Waals surface area (Å²) >= 11 is 12.3. The average molecular weight is 374 g/mol. The lowest BCUT2D eigenvalue weighted by Crippen LogP contribution is -2.21. The van der Waals surface area contributed by atoms with E-state index in [1.54, 1.807) is 0 Å². The molecule has 0 radical (unpaired) electrons. The first kappa shape index (κ1) is 16.6. The van der Waals surface area contributed by atoms with Crippen molar-refractivity contribution in [2.45, 2.75) is 16.2 Å². The highest BCUT2D eigenvalue weighted by Crippen LogP contribution is 2.41. The molecule has 0 saturated carbocycles. The van der Waals surface area contributed by atoms with Gasteiger partial charge in [0, 0.05) is 12.1 Å². The van der Waals surface area contributed by atoms with Crippen LogP contribution >= 0.6 is 35.0 Å². The van der Waals surface area contributed by atoms with Crippen LogP contribution in [0.3, 0.4) is 0 Å². The fourth-order valence-electron chi connectivity index (χ4n) is 1.38. The summed E-state index contributed by atoms with van der Waals surface area (Å²) in [6, 6.07) is 2.02. The zero-order valence-corrected chi connectivity index (χ0v) is 12.5. The molecule has 13 heteroatoms. The van der Waals surface area contributed by atoms with Crippen molar-refractivity contribution in [3.63, 3.8) is 0 Å². The Bertz CT molecular complexity index is 728. The van der Waals surface area contributed by atoms with E-state index < -0.39 is 16.9 Å². The van der Waals surface area contributed by atoms with Crippen LogP contribution in [0.5, 0.6) is 0 Å². The average Bonchev–Trinajstić information content (AvgIpc) is 2.74. The molecule has 2 aromatic rings. The van der Waals surface area contributed by atoms with Gasteiger partial charge in [0.25, 0.3) is 11.5 Å². The molecule has 2 N–H and O–H groups in total. The molecule has 0 amide bonds. The number of aromatic nitrogens is 3. The second-order valence-corrected chi connectivity index (χ2v) is 5.56. The van der Waals surface area contributed by atoms with Gasteiger partial charge >= 0.3 is 6.18 Å². The fraction of sp³-hybridized carbons (Fsp3) is 0.111. The lowest BCUT2D eigenvalue weighted by atomic mass is 10.3. The summed E-state index contributed by atoms with van der Waals surface area (Å²) < 4.78 is 37.9. The molecule has 1 aromatic carbocycles. The first-order chi connectivity index (χ1) is 10.1. The zero-order chi connectivity index (χ0) is 16.7. The molecule has 0 spiro atoms. The largest absolute Gasteiger partial charge is 0.453 e. The Balaban J connectivity index is 2.40. The maximum atomic E-state index is 12.6. The number of nitrogen functional groups attached to an aromatic ring is 1. The molecule has 0 atom stereocenters. The van der Waals surface area contributed by atoms with Gasteiger partial charge in [-0.05, 0) is 11.8 Å². The lowest BCUT2D eigenvalue weighted by molar-refractivity contribution is -0.384. The Kier molecular flexibility index (Phi) is 4.40. The van der Waals surface area contributed by atoms with Crippen LogP contribution in [0, 0.1) is 10.1 Å². The van der Waals surface area contributed by atoms with Crippen molar-refractivity contribution in [3.05, 3.63) is 38.1 Å². The molecule has 0 unspecified atom stereocenters. The Morgan fingerprint density at radius 3 is 2.23 bits per heavy atom. The van der Waals surface area contributed by atoms with E-state index in [0.717, 1.165) is 12.1 Å². The van der Waals surface area contributed by atoms with Gasteiger partial charge < -0.3 is 5.84 Å². The number of hydrogen-bond acceptors (Lipinski definition) is 6. The number of halogens is 5. The van der Waals surface area contributed by atoms with Crippen molar-refractivity contribution >= 4 is 40.7 Å². The van der Waals surface area contributed by atoms with Gasteiger partial charge in [0.1, 0.15) is 0 Å². The van der Waals surface area contributed by atoms with Gasteiger partial charge in [0.05, 0.1) is 19.9 Å². The van der Waals surface area contributed by atoms with Crippen LogP contribution in [0.1, 0.15) is 5.82 Å². The van der Waals surface area contributed by atoms with Gasteiger partial charge in [-0.25, -0.2) is 4.68 Å². The SMILES string of the molecule is Nn1c(Sc2c(Cl)cc([N+](=O)[O-])cc2Cl)nnc1C(F)(F)F. The van der Waals surface area contributed by atoms with E-state index in [2.05, 4.69) is 10.2 Å². The molecule has 0 saturated heterocycles. The second-order valence-electron chi connectivity index (χ2n) is 3.77. The summed E-state index contributed by atoms with van der Waals surface area (Å²) in [5.74, 6) is 3.87. The number of rotatable bonds is 3. The third kappa shape index (κ3) is 3.20. The number of nitro groups is 1. The minimum Gasteiger partial charge on any atom is -0.335 e. The molecule has 0 aliphatic heterocycles. The summed E-state index contributed by atoms with van der Waals surface area (Å²) in [5, 5.41) is 16.3. The first-order valence-corrected chi connectivity index (χ1v) is 6.77. The van der Waals surface area contributed by atoms with E-state index in [1.807, 2.05) is 0 Å². The summed E-state index contributed by atoms with van der Waals surface area (Å²) in [5.41, 5.74) is -0.357. The van der Waals surface area contributed by atoms with E-state index in [9.17, 15) is 23.3 Å². The van der Waals surface area contributed by atoms with Gasteiger partial charge in [0.15, 0.2) is 0 Å². The minimum absolute atomic E-state index is 0.0711. The maximum Gasteiger partial charge on any atom is 0.453 e. The first-order valence-electron chi connectivity index (χ1n) is 5.20. The predicted octanol–water partition coefficient (Wildman–Crippen LogP) is 3.38. The van der Waals surface area contributed by atoms with Crippen molar-refractivity contribution < 1.29 is 18.1 Å². The molecule has 1 heterocycles. The maximum absolute atomic E-state index is 12.6. The molecule has 0 fully saturated rings. The molecule has 118 valence electrons. The normalized spacial score (nSPS) is 11.7. The Hall–Kier alpha value is -1.72. The smallest absolute Gasteiger partial charge is 0.335 e. The van der Waals surface area contributed by atoms with E-state index in [4.69, 9.17) is 29.0 Å². The number of alkyl halides is 3. The highest BCUT2D eigenvalue weighted by atomic mass is 35.5. The number of hydrogen-bond donors (Lipinski definition) is 1. The Labute approximate surface area is 134 Å². The summed E-state index contributed by atoms with van der Waals surface area (Å²) in [6.07, 6.45) is -4.77. The van der Waals surface area contributed by atoms with Gasteiger partial charge in [-0.3, -0.25) is 10.1 Å². The van der Waals surface area contributed by atoms with Crippen LogP contribution in [-0.2, 0) is 6.18 Å². The number of benzene rings is 1. The van der Waals surface area contributed by atoms with Crippen molar-refractivity contribution in [3.8, 4) is 0 Å². The number of nitro benzene ring substituents is 1. The van der Waals surface area contributed by atoms with Crippen LogP contribution in [0.4, 0.5) is 18.9 Å². The quantitative estimate of drug-likeness (QED) is 0.502. The summed E-state index contributed by atoms with van der Waals surface area (Å²) in [6.45, 7) is 0. The molecule has 7 nitrogen and oxygen atoms in total. The summed E-state index contributed by atoms with van der Waals surface area (Å²) in [4.78, 5) is 10.0. The molecular weight excluding hydrogens is 370 g/mol. The minimum atomic E-state index is -4.77. The fourth-order valence-corrected chi connectivity index (χ4v) is 2.85. The van der Waals surface area contributed by atoms with Crippen LogP contribution < -0.4 is 5.84 Å². The van der Waals surface area contributed by atoms with Gasteiger partial charge in [-0.1, -0.05) is 23.2 Å². The molecule has 22 heavy (non-hydrogen) atoms. The van der Waals surface area contributed by atoms with Crippen molar-refractivity contribution in [1.29, 1.82) is 0 Å². The second kappa shape index (κ2) is 5.82. The van der Waals surface area contributed by atoms with E-state index in [0.29, 0.717) is 11.8 Å². The van der Waals surface area contributed by atoms with E-state index >= 15 is 0 Å². The van der Waals surface area contributed by atoms with Crippen molar-refractivity contribution in [2.24, 2.45) is 0 Å². The highest BCUT2D eigenvalue weighted by Gasteiger charge is 2.38. The highest BCUT2D eigenvalue weighted by molar-refractivity contribution is 7.99. The third-order valence-corrected chi connectivity index (χ3v) is 4.23. The number of nitrogens with zero attached hydrogens (tertiary/aromatic N) is 4. The lowest BCUT2D eigenvalue weighted by Gasteiger charge is -2.08. The topological polar surface area (TPSA) is 99.9 Å². The standard InChI is InChI=1S/C9H4Cl2F3N5O2S/c10-4-1-3(19(20)21)2-5(11)6(4)22-8-17-16-7(18(8)15)9(12,13)14/h1-2H,15H2. The van der Waals surface area contributed by atoms with Crippen LogP contribution in [0.2, 0.25) is 10.0 Å².